The molecule has 1 aromatic rings. The van der Waals surface area contributed by atoms with Gasteiger partial charge in [0.1, 0.15) is 0 Å². The number of nitrogens with two attached hydrogens (primary N) is 1. The van der Waals surface area contributed by atoms with Crippen molar-refractivity contribution in [1.29, 1.82) is 0 Å². The van der Waals surface area contributed by atoms with Crippen LogP contribution in [0.3, 0.4) is 0 Å². The third kappa shape index (κ3) is 3.86. The minimum absolute atomic E-state index is 0.510. The molecule has 0 radical (unpaired) electrons. The van der Waals surface area contributed by atoms with Crippen LogP contribution in [0.25, 0.3) is 0 Å². The number of anilines is 1. The third-order valence-electron chi connectivity index (χ3n) is 2.81. The van der Waals surface area contributed by atoms with Gasteiger partial charge in [0.2, 0.25) is 0 Å². The van der Waals surface area contributed by atoms with Crippen molar-refractivity contribution in [3.8, 4) is 0 Å². The number of thioether (sulfide) groups is 1. The number of hydrogen-bond acceptors (Lipinski definition) is 5. The van der Waals surface area contributed by atoms with Gasteiger partial charge >= 0.3 is 0 Å². The van der Waals surface area contributed by atoms with Gasteiger partial charge in [-0.25, -0.2) is 4.98 Å². The van der Waals surface area contributed by atoms with E-state index in [1.54, 1.807) is 11.3 Å². The Morgan fingerprint density at radius 1 is 1.53 bits per heavy atom. The van der Waals surface area contributed by atoms with Crippen molar-refractivity contribution >= 4 is 28.2 Å². The van der Waals surface area contributed by atoms with Crippen LogP contribution in [0.4, 0.5) is 5.13 Å². The lowest BCUT2D eigenvalue weighted by Crippen LogP contribution is -2.30. The zero-order valence-corrected chi connectivity index (χ0v) is 12.8. The average Bonchev–Trinajstić information content (AvgIpc) is 2.72. The molecule has 17 heavy (non-hydrogen) atoms. The lowest BCUT2D eigenvalue weighted by Gasteiger charge is -2.23. The summed E-state index contributed by atoms with van der Waals surface area (Å²) >= 11 is 3.61. The number of nitrogens with zero attached hydrogens (tertiary/aromatic N) is 2. The van der Waals surface area contributed by atoms with Crippen molar-refractivity contribution in [1.82, 2.24) is 4.98 Å². The fourth-order valence-electron chi connectivity index (χ4n) is 1.65. The highest BCUT2D eigenvalue weighted by Gasteiger charge is 2.16. The Kier molecular flexibility index (Phi) is 6.30. The number of aromatic nitrogens is 1. The molecule has 0 amide bonds. The molecule has 0 aromatic carbocycles. The second-order valence-corrected chi connectivity index (χ2v) is 6.21. The van der Waals surface area contributed by atoms with Gasteiger partial charge in [-0.05, 0) is 19.6 Å². The van der Waals surface area contributed by atoms with Crippen LogP contribution in [0, 0.1) is 0 Å². The first-order valence-electron chi connectivity index (χ1n) is 6.04. The van der Waals surface area contributed by atoms with Crippen molar-refractivity contribution in [2.24, 2.45) is 5.73 Å². The monoisotopic (exact) mass is 273 g/mol. The van der Waals surface area contributed by atoms with Crippen LogP contribution in [0.15, 0.2) is 0 Å². The molecule has 0 aliphatic carbocycles. The molecule has 98 valence electrons. The molecular weight excluding hydrogens is 250 g/mol. The van der Waals surface area contributed by atoms with E-state index in [9.17, 15) is 0 Å². The van der Waals surface area contributed by atoms with Crippen LogP contribution in [0.1, 0.15) is 30.8 Å². The molecular formula is C12H23N3S2. The molecule has 0 aliphatic heterocycles. The van der Waals surface area contributed by atoms with Crippen LogP contribution >= 0.6 is 23.1 Å². The standard InChI is InChI=1S/C12H23N3S2/c1-5-6-10-11(7-13)17-12(14-10)15(3)9(2)8-16-4/h9H,5-8,13H2,1-4H3. The SMILES string of the molecule is CCCc1nc(N(C)C(C)CSC)sc1CN. The quantitative estimate of drug-likeness (QED) is 0.829. The molecule has 0 fully saturated rings. The zero-order chi connectivity index (χ0) is 12.8. The molecule has 1 rings (SSSR count). The second-order valence-electron chi connectivity index (χ2n) is 4.24. The Balaban J connectivity index is 2.83. The van der Waals surface area contributed by atoms with E-state index in [0.29, 0.717) is 12.6 Å². The maximum atomic E-state index is 5.78. The van der Waals surface area contributed by atoms with Crippen molar-refractivity contribution in [2.75, 3.05) is 24.0 Å². The van der Waals surface area contributed by atoms with Crippen LogP contribution in [0.5, 0.6) is 0 Å². The lowest BCUT2D eigenvalue weighted by molar-refractivity contribution is 0.757. The fourth-order valence-corrected chi connectivity index (χ4v) is 3.41. The molecule has 2 N–H and O–H groups in total. The minimum atomic E-state index is 0.510. The van der Waals surface area contributed by atoms with E-state index in [2.05, 4.69) is 32.1 Å². The molecule has 0 saturated heterocycles. The van der Waals surface area contributed by atoms with E-state index in [4.69, 9.17) is 10.7 Å². The number of aryl methyl sites for hydroxylation is 1. The van der Waals surface area contributed by atoms with E-state index in [0.717, 1.165) is 23.7 Å². The fraction of sp³-hybridized carbons (Fsp3) is 0.750. The van der Waals surface area contributed by atoms with Crippen molar-refractivity contribution < 1.29 is 0 Å². The first kappa shape index (κ1) is 14.8. The summed E-state index contributed by atoms with van der Waals surface area (Å²) in [5.74, 6) is 1.12. The van der Waals surface area contributed by atoms with Gasteiger partial charge in [-0.1, -0.05) is 13.3 Å². The summed E-state index contributed by atoms with van der Waals surface area (Å²) in [6.45, 7) is 5.02. The molecule has 1 unspecified atom stereocenters. The van der Waals surface area contributed by atoms with Gasteiger partial charge < -0.3 is 10.6 Å². The lowest BCUT2D eigenvalue weighted by atomic mass is 10.2. The Morgan fingerprint density at radius 2 is 2.24 bits per heavy atom. The molecule has 1 atom stereocenters. The molecule has 1 aromatic heterocycles. The molecule has 0 spiro atoms. The van der Waals surface area contributed by atoms with E-state index in [-0.39, 0.29) is 0 Å². The molecule has 1 heterocycles. The Labute approximate surface area is 113 Å². The van der Waals surface area contributed by atoms with E-state index >= 15 is 0 Å². The van der Waals surface area contributed by atoms with Gasteiger partial charge in [0, 0.05) is 30.3 Å². The smallest absolute Gasteiger partial charge is 0.185 e. The first-order valence-corrected chi connectivity index (χ1v) is 8.25. The Morgan fingerprint density at radius 3 is 2.76 bits per heavy atom. The Hall–Kier alpha value is -0.260. The van der Waals surface area contributed by atoms with Gasteiger partial charge in [0.05, 0.1) is 5.69 Å². The minimum Gasteiger partial charge on any atom is -0.348 e. The third-order valence-corrected chi connectivity index (χ3v) is 4.84. The highest BCUT2D eigenvalue weighted by molar-refractivity contribution is 7.98. The summed E-state index contributed by atoms with van der Waals surface area (Å²) in [5, 5.41) is 1.11. The van der Waals surface area contributed by atoms with Crippen LogP contribution < -0.4 is 10.6 Å². The van der Waals surface area contributed by atoms with Crippen molar-refractivity contribution in [2.45, 2.75) is 39.3 Å². The summed E-state index contributed by atoms with van der Waals surface area (Å²) in [5.41, 5.74) is 6.97. The van der Waals surface area contributed by atoms with Crippen LogP contribution in [-0.4, -0.2) is 30.1 Å². The number of thiazole rings is 1. The van der Waals surface area contributed by atoms with Gasteiger partial charge in [0.25, 0.3) is 0 Å². The number of hydrogen-bond donors (Lipinski definition) is 1. The van der Waals surface area contributed by atoms with Gasteiger partial charge in [-0.3, -0.25) is 0 Å². The molecule has 5 heteroatoms. The summed E-state index contributed by atoms with van der Waals surface area (Å²) < 4.78 is 0. The summed E-state index contributed by atoms with van der Waals surface area (Å²) in [6.07, 6.45) is 4.30. The summed E-state index contributed by atoms with van der Waals surface area (Å²) in [6, 6.07) is 0.510. The van der Waals surface area contributed by atoms with Crippen LogP contribution in [0.2, 0.25) is 0 Å². The van der Waals surface area contributed by atoms with Gasteiger partial charge in [-0.15, -0.1) is 11.3 Å². The second kappa shape index (κ2) is 7.24. The average molecular weight is 273 g/mol. The molecule has 0 saturated carbocycles. The molecule has 0 bridgehead atoms. The van der Waals surface area contributed by atoms with Crippen LogP contribution in [-0.2, 0) is 13.0 Å². The zero-order valence-electron chi connectivity index (χ0n) is 11.2. The molecule has 0 aliphatic rings. The van der Waals surface area contributed by atoms with E-state index in [1.165, 1.54) is 10.6 Å². The topological polar surface area (TPSA) is 42.2 Å². The summed E-state index contributed by atoms with van der Waals surface area (Å²) in [7, 11) is 2.12. The first-order chi connectivity index (χ1) is 8.13. The number of rotatable bonds is 7. The maximum absolute atomic E-state index is 5.78. The predicted molar refractivity (Wildman–Crippen MR) is 80.2 cm³/mol. The van der Waals surface area contributed by atoms with Crippen molar-refractivity contribution in [3.63, 3.8) is 0 Å². The van der Waals surface area contributed by atoms with E-state index in [1.807, 2.05) is 11.8 Å². The van der Waals surface area contributed by atoms with Gasteiger partial charge in [-0.2, -0.15) is 11.8 Å². The normalized spacial score (nSPS) is 12.8. The van der Waals surface area contributed by atoms with E-state index < -0.39 is 0 Å². The highest BCUT2D eigenvalue weighted by Crippen LogP contribution is 2.27. The maximum Gasteiger partial charge on any atom is 0.185 e. The Bertz CT molecular complexity index is 338. The predicted octanol–water partition coefficient (Wildman–Crippen LogP) is 2.74. The largest absolute Gasteiger partial charge is 0.348 e. The highest BCUT2D eigenvalue weighted by atomic mass is 32.2. The molecule has 3 nitrogen and oxygen atoms in total. The van der Waals surface area contributed by atoms with Crippen molar-refractivity contribution in [3.05, 3.63) is 10.6 Å². The summed E-state index contributed by atoms with van der Waals surface area (Å²) in [4.78, 5) is 8.23. The van der Waals surface area contributed by atoms with Gasteiger partial charge in [0.15, 0.2) is 5.13 Å².